The standard InChI is InChI=1S/C14H15ClN2O4/c1-2-21-14(20)11(10(18)8-15)12(16)17-13(19)9-6-4-3-5-7-9/h3-7,18H,2,8H2,1H3,(H2,16,17,19)/b11-10-. The number of rotatable bonds is 5. The van der Waals surface area contributed by atoms with Crippen molar-refractivity contribution in [3.05, 3.63) is 47.2 Å². The molecule has 0 radical (unpaired) electrons. The Morgan fingerprint density at radius 3 is 2.48 bits per heavy atom. The van der Waals surface area contributed by atoms with E-state index >= 15 is 0 Å². The summed E-state index contributed by atoms with van der Waals surface area (Å²) >= 11 is 5.48. The summed E-state index contributed by atoms with van der Waals surface area (Å²) in [6.45, 7) is 1.67. The molecular formula is C14H15ClN2O4. The topological polar surface area (TPSA) is 102 Å². The molecule has 0 aliphatic rings. The lowest BCUT2D eigenvalue weighted by molar-refractivity contribution is -0.138. The summed E-state index contributed by atoms with van der Waals surface area (Å²) in [7, 11) is 0. The highest BCUT2D eigenvalue weighted by Gasteiger charge is 2.21. The molecule has 0 aliphatic carbocycles. The van der Waals surface area contributed by atoms with Crippen molar-refractivity contribution < 1.29 is 19.4 Å². The van der Waals surface area contributed by atoms with Crippen LogP contribution in [0, 0.1) is 0 Å². The van der Waals surface area contributed by atoms with Gasteiger partial charge in [-0.1, -0.05) is 18.2 Å². The lowest BCUT2D eigenvalue weighted by Crippen LogP contribution is -2.26. The van der Waals surface area contributed by atoms with Gasteiger partial charge in [0.05, 0.1) is 12.5 Å². The highest BCUT2D eigenvalue weighted by molar-refractivity contribution is 6.24. The van der Waals surface area contributed by atoms with Crippen LogP contribution in [0.15, 0.2) is 46.7 Å². The van der Waals surface area contributed by atoms with Gasteiger partial charge in [0.1, 0.15) is 17.2 Å². The lowest BCUT2D eigenvalue weighted by Gasteiger charge is -2.08. The van der Waals surface area contributed by atoms with E-state index in [1.807, 2.05) is 0 Å². The molecule has 1 rings (SSSR count). The number of halogens is 1. The number of aliphatic hydroxyl groups excluding tert-OH is 1. The molecular weight excluding hydrogens is 296 g/mol. The third-order valence-corrected chi connectivity index (χ3v) is 2.65. The van der Waals surface area contributed by atoms with Crippen LogP contribution in [0.5, 0.6) is 0 Å². The second-order valence-corrected chi connectivity index (χ2v) is 4.11. The number of nitrogens with two attached hydrogens (primary N) is 1. The zero-order valence-electron chi connectivity index (χ0n) is 11.4. The molecule has 6 nitrogen and oxygen atoms in total. The van der Waals surface area contributed by atoms with Crippen LogP contribution in [-0.2, 0) is 9.53 Å². The molecule has 112 valence electrons. The lowest BCUT2D eigenvalue weighted by atomic mass is 10.2. The van der Waals surface area contributed by atoms with Crippen molar-refractivity contribution >= 4 is 29.3 Å². The predicted octanol–water partition coefficient (Wildman–Crippen LogP) is 1.80. The Bertz CT molecular complexity index is 582. The van der Waals surface area contributed by atoms with Crippen LogP contribution in [0.2, 0.25) is 0 Å². The third kappa shape index (κ3) is 4.61. The maximum absolute atomic E-state index is 11.9. The first-order chi connectivity index (χ1) is 10.0. The summed E-state index contributed by atoms with van der Waals surface area (Å²) < 4.78 is 4.75. The second-order valence-electron chi connectivity index (χ2n) is 3.84. The van der Waals surface area contributed by atoms with Gasteiger partial charge in [0.15, 0.2) is 0 Å². The highest BCUT2D eigenvalue weighted by atomic mass is 35.5. The molecule has 0 unspecified atom stereocenters. The Hall–Kier alpha value is -2.34. The quantitative estimate of drug-likeness (QED) is 0.216. The van der Waals surface area contributed by atoms with E-state index in [1.54, 1.807) is 37.3 Å². The number of esters is 1. The molecule has 1 aromatic rings. The van der Waals surface area contributed by atoms with Crippen LogP contribution in [0.3, 0.4) is 0 Å². The molecule has 7 heteroatoms. The maximum Gasteiger partial charge on any atom is 0.345 e. The maximum atomic E-state index is 11.9. The van der Waals surface area contributed by atoms with E-state index < -0.39 is 29.0 Å². The predicted molar refractivity (Wildman–Crippen MR) is 79.4 cm³/mol. The normalized spacial score (nSPS) is 12.6. The van der Waals surface area contributed by atoms with Gasteiger partial charge in [-0.2, -0.15) is 4.99 Å². The van der Waals surface area contributed by atoms with Gasteiger partial charge in [-0.25, -0.2) is 4.79 Å². The number of aliphatic imine (C=N–C) groups is 1. The number of hydrogen-bond donors (Lipinski definition) is 2. The van der Waals surface area contributed by atoms with Gasteiger partial charge in [-0.15, -0.1) is 11.6 Å². The SMILES string of the molecule is CCOC(=O)/C(C(N)=NC(=O)c1ccccc1)=C(\O)CCl. The third-order valence-electron chi connectivity index (χ3n) is 2.39. The van der Waals surface area contributed by atoms with Gasteiger partial charge in [0, 0.05) is 5.56 Å². The van der Waals surface area contributed by atoms with E-state index in [-0.39, 0.29) is 12.5 Å². The van der Waals surface area contributed by atoms with Crippen molar-refractivity contribution in [3.63, 3.8) is 0 Å². The van der Waals surface area contributed by atoms with Crippen molar-refractivity contribution in [3.8, 4) is 0 Å². The summed E-state index contributed by atoms with van der Waals surface area (Å²) in [5.41, 5.74) is 5.51. The number of carbonyl (C=O) groups is 2. The summed E-state index contributed by atoms with van der Waals surface area (Å²) in [6.07, 6.45) is 0. The molecule has 0 fully saturated rings. The average Bonchev–Trinajstić information content (AvgIpc) is 2.48. The zero-order chi connectivity index (χ0) is 15.8. The molecule has 21 heavy (non-hydrogen) atoms. The number of ether oxygens (including phenoxy) is 1. The van der Waals surface area contributed by atoms with E-state index in [0.717, 1.165) is 0 Å². The van der Waals surface area contributed by atoms with Crippen molar-refractivity contribution in [2.24, 2.45) is 10.7 Å². The van der Waals surface area contributed by atoms with Gasteiger partial charge in [0.2, 0.25) is 0 Å². The van der Waals surface area contributed by atoms with Gasteiger partial charge in [-0.3, -0.25) is 4.79 Å². The van der Waals surface area contributed by atoms with Crippen molar-refractivity contribution in [1.29, 1.82) is 0 Å². The minimum atomic E-state index is -0.891. The van der Waals surface area contributed by atoms with E-state index in [4.69, 9.17) is 22.1 Å². The molecule has 1 amide bonds. The van der Waals surface area contributed by atoms with E-state index in [1.165, 1.54) is 0 Å². The number of alkyl halides is 1. The van der Waals surface area contributed by atoms with Crippen molar-refractivity contribution in [2.75, 3.05) is 12.5 Å². The fraction of sp³-hybridized carbons (Fsp3) is 0.214. The monoisotopic (exact) mass is 310 g/mol. The molecule has 0 atom stereocenters. The smallest absolute Gasteiger partial charge is 0.345 e. The molecule has 1 aromatic carbocycles. The summed E-state index contributed by atoms with van der Waals surface area (Å²) in [5, 5.41) is 9.64. The number of carbonyl (C=O) groups excluding carboxylic acids is 2. The van der Waals surface area contributed by atoms with Crippen LogP contribution >= 0.6 is 11.6 Å². The number of benzene rings is 1. The molecule has 0 aromatic heterocycles. The van der Waals surface area contributed by atoms with Gasteiger partial charge in [0.25, 0.3) is 5.91 Å². The van der Waals surface area contributed by atoms with Crippen LogP contribution < -0.4 is 5.73 Å². The molecule has 0 aliphatic heterocycles. The van der Waals surface area contributed by atoms with Crippen molar-refractivity contribution in [2.45, 2.75) is 6.92 Å². The molecule has 0 saturated heterocycles. The fourth-order valence-corrected chi connectivity index (χ4v) is 1.58. The van der Waals surface area contributed by atoms with Crippen LogP contribution in [0.1, 0.15) is 17.3 Å². The first-order valence-electron chi connectivity index (χ1n) is 6.10. The number of amidine groups is 1. The number of nitrogens with zero attached hydrogens (tertiary/aromatic N) is 1. The summed E-state index contributed by atoms with van der Waals surface area (Å²) in [4.78, 5) is 27.2. The Kier molecular flexibility index (Phi) is 6.42. The summed E-state index contributed by atoms with van der Waals surface area (Å²) in [6, 6.07) is 8.17. The van der Waals surface area contributed by atoms with Crippen LogP contribution in [0.25, 0.3) is 0 Å². The Balaban J connectivity index is 3.12. The Morgan fingerprint density at radius 2 is 1.95 bits per heavy atom. The highest BCUT2D eigenvalue weighted by Crippen LogP contribution is 2.09. The van der Waals surface area contributed by atoms with Crippen LogP contribution in [-0.4, -0.2) is 35.3 Å². The molecule has 0 saturated carbocycles. The number of hydrogen-bond acceptors (Lipinski definition) is 4. The minimum Gasteiger partial charge on any atom is -0.510 e. The average molecular weight is 311 g/mol. The van der Waals surface area contributed by atoms with E-state index in [9.17, 15) is 14.7 Å². The molecule has 3 N–H and O–H groups in total. The molecule has 0 heterocycles. The number of aliphatic hydroxyl groups is 1. The second kappa shape index (κ2) is 8.06. The molecule has 0 bridgehead atoms. The first kappa shape index (κ1) is 16.7. The first-order valence-corrected chi connectivity index (χ1v) is 6.63. The Morgan fingerprint density at radius 1 is 1.33 bits per heavy atom. The zero-order valence-corrected chi connectivity index (χ0v) is 12.1. The Labute approximate surface area is 126 Å². The fourth-order valence-electron chi connectivity index (χ4n) is 1.45. The van der Waals surface area contributed by atoms with Crippen molar-refractivity contribution in [1.82, 2.24) is 0 Å². The van der Waals surface area contributed by atoms with Gasteiger partial charge in [-0.05, 0) is 19.1 Å². The van der Waals surface area contributed by atoms with Gasteiger partial charge < -0.3 is 15.6 Å². The number of amides is 1. The summed E-state index contributed by atoms with van der Waals surface area (Å²) in [5.74, 6) is -2.84. The van der Waals surface area contributed by atoms with E-state index in [0.29, 0.717) is 5.56 Å². The minimum absolute atomic E-state index is 0.0812. The number of allylic oxidation sites excluding steroid dienone is 1. The molecule has 0 spiro atoms. The van der Waals surface area contributed by atoms with Gasteiger partial charge >= 0.3 is 5.97 Å². The van der Waals surface area contributed by atoms with Crippen LogP contribution in [0.4, 0.5) is 0 Å². The largest absolute Gasteiger partial charge is 0.510 e. The van der Waals surface area contributed by atoms with E-state index in [2.05, 4.69) is 4.99 Å².